The number of aromatic nitrogens is 2. The largest absolute Gasteiger partial charge is 0.325 e. The number of hydrogen-bond donors (Lipinski definition) is 1. The molecule has 0 unspecified atom stereocenters. The van der Waals surface area contributed by atoms with Gasteiger partial charge in [-0.05, 0) is 53.7 Å². The Bertz CT molecular complexity index is 731. The molecule has 1 N–H and O–H groups in total. The Morgan fingerprint density at radius 2 is 1.76 bits per heavy atom. The van der Waals surface area contributed by atoms with Crippen LogP contribution < -0.4 is 5.32 Å². The molecule has 0 saturated carbocycles. The standard InChI is InChI=1S/C20H30N4O/c1-13(2)24(12-19-15(4)22-23(7)16(19)5)17(6)20(25)21-18-10-8-14(3)9-11-18/h8-11,13,17H,12H2,1-7H3,(H,21,25)/t17-/m1/s1. The maximum Gasteiger partial charge on any atom is 0.241 e. The molecular formula is C20H30N4O. The molecule has 5 heteroatoms. The summed E-state index contributed by atoms with van der Waals surface area (Å²) in [6.07, 6.45) is 0. The molecule has 0 radical (unpaired) electrons. The van der Waals surface area contributed by atoms with Crippen molar-refractivity contribution >= 4 is 11.6 Å². The quantitative estimate of drug-likeness (QED) is 0.873. The smallest absolute Gasteiger partial charge is 0.241 e. The van der Waals surface area contributed by atoms with E-state index in [-0.39, 0.29) is 18.0 Å². The Kier molecular flexibility index (Phi) is 6.01. The average molecular weight is 342 g/mol. The van der Waals surface area contributed by atoms with E-state index in [2.05, 4.69) is 36.1 Å². The molecule has 0 fully saturated rings. The first-order valence-electron chi connectivity index (χ1n) is 8.83. The minimum Gasteiger partial charge on any atom is -0.325 e. The summed E-state index contributed by atoms with van der Waals surface area (Å²) in [5.41, 5.74) is 5.38. The Hall–Kier alpha value is -2.14. The highest BCUT2D eigenvalue weighted by Crippen LogP contribution is 2.19. The van der Waals surface area contributed by atoms with E-state index in [4.69, 9.17) is 0 Å². The number of hydrogen-bond acceptors (Lipinski definition) is 3. The first-order chi connectivity index (χ1) is 11.7. The van der Waals surface area contributed by atoms with Crippen LogP contribution in [0.25, 0.3) is 0 Å². The van der Waals surface area contributed by atoms with Gasteiger partial charge in [0.1, 0.15) is 0 Å². The first-order valence-corrected chi connectivity index (χ1v) is 8.83. The summed E-state index contributed by atoms with van der Waals surface area (Å²) < 4.78 is 1.90. The lowest BCUT2D eigenvalue weighted by Crippen LogP contribution is -2.45. The molecule has 0 aliphatic carbocycles. The highest BCUT2D eigenvalue weighted by molar-refractivity contribution is 5.94. The minimum absolute atomic E-state index is 0.0109. The normalized spacial score (nSPS) is 12.7. The molecule has 5 nitrogen and oxygen atoms in total. The zero-order chi connectivity index (χ0) is 18.7. The lowest BCUT2D eigenvalue weighted by atomic mass is 10.1. The fourth-order valence-corrected chi connectivity index (χ4v) is 3.03. The van der Waals surface area contributed by atoms with Crippen LogP contribution >= 0.6 is 0 Å². The van der Waals surface area contributed by atoms with E-state index in [0.29, 0.717) is 6.54 Å². The summed E-state index contributed by atoms with van der Waals surface area (Å²) in [7, 11) is 1.96. The van der Waals surface area contributed by atoms with Gasteiger partial charge in [0, 0.05) is 36.6 Å². The van der Waals surface area contributed by atoms with Crippen LogP contribution in [-0.2, 0) is 18.4 Å². The molecule has 2 rings (SSSR count). The lowest BCUT2D eigenvalue weighted by molar-refractivity contribution is -0.121. The average Bonchev–Trinajstić information content (AvgIpc) is 2.79. The summed E-state index contributed by atoms with van der Waals surface area (Å²) in [6.45, 7) is 13.1. The molecule has 1 amide bonds. The maximum absolute atomic E-state index is 12.7. The Balaban J connectivity index is 2.15. The number of nitrogens with zero attached hydrogens (tertiary/aromatic N) is 3. The van der Waals surface area contributed by atoms with Gasteiger partial charge < -0.3 is 5.32 Å². The number of amides is 1. The zero-order valence-corrected chi connectivity index (χ0v) is 16.4. The van der Waals surface area contributed by atoms with E-state index in [1.54, 1.807) is 0 Å². The van der Waals surface area contributed by atoms with Gasteiger partial charge in [-0.1, -0.05) is 17.7 Å². The van der Waals surface area contributed by atoms with Gasteiger partial charge in [0.15, 0.2) is 0 Å². The summed E-state index contributed by atoms with van der Waals surface area (Å²) in [5.74, 6) is 0.0109. The van der Waals surface area contributed by atoms with Gasteiger partial charge >= 0.3 is 0 Å². The van der Waals surface area contributed by atoms with Crippen LogP contribution in [0.4, 0.5) is 5.69 Å². The first kappa shape index (κ1) is 19.2. The van der Waals surface area contributed by atoms with Gasteiger partial charge in [0.05, 0.1) is 11.7 Å². The van der Waals surface area contributed by atoms with Crippen LogP contribution in [0.15, 0.2) is 24.3 Å². The SMILES string of the molecule is Cc1ccc(NC(=O)[C@@H](C)N(Cc2c(C)nn(C)c2C)C(C)C)cc1. The van der Waals surface area contributed by atoms with Gasteiger partial charge in [0.25, 0.3) is 0 Å². The van der Waals surface area contributed by atoms with Gasteiger partial charge in [-0.3, -0.25) is 14.4 Å². The predicted molar refractivity (Wildman–Crippen MR) is 103 cm³/mol. The number of rotatable bonds is 6. The van der Waals surface area contributed by atoms with Crippen molar-refractivity contribution < 1.29 is 4.79 Å². The molecule has 0 aliphatic rings. The molecular weight excluding hydrogens is 312 g/mol. The van der Waals surface area contributed by atoms with Gasteiger partial charge in [-0.2, -0.15) is 5.10 Å². The minimum atomic E-state index is -0.236. The van der Waals surface area contributed by atoms with E-state index in [1.165, 1.54) is 11.1 Å². The van der Waals surface area contributed by atoms with Gasteiger partial charge in [-0.15, -0.1) is 0 Å². The number of nitrogens with one attached hydrogen (secondary N) is 1. The Morgan fingerprint density at radius 1 is 1.16 bits per heavy atom. The van der Waals surface area contributed by atoms with E-state index in [1.807, 2.05) is 56.8 Å². The third-order valence-corrected chi connectivity index (χ3v) is 4.86. The number of benzene rings is 1. The second-order valence-electron chi connectivity index (χ2n) is 7.07. The predicted octanol–water partition coefficient (Wildman–Crippen LogP) is 3.58. The third-order valence-electron chi connectivity index (χ3n) is 4.86. The fraction of sp³-hybridized carbons (Fsp3) is 0.500. The molecule has 0 aliphatic heterocycles. The van der Waals surface area contributed by atoms with Crippen LogP contribution in [0.1, 0.15) is 43.3 Å². The van der Waals surface area contributed by atoms with Crippen molar-refractivity contribution in [2.24, 2.45) is 7.05 Å². The van der Waals surface area contributed by atoms with Crippen LogP contribution in [0.2, 0.25) is 0 Å². The van der Waals surface area contributed by atoms with Crippen molar-refractivity contribution in [3.8, 4) is 0 Å². The Morgan fingerprint density at radius 3 is 2.24 bits per heavy atom. The van der Waals surface area contributed by atoms with E-state index < -0.39 is 0 Å². The van der Waals surface area contributed by atoms with Crippen molar-refractivity contribution in [3.05, 3.63) is 46.8 Å². The monoisotopic (exact) mass is 342 g/mol. The van der Waals surface area contributed by atoms with Crippen molar-refractivity contribution in [3.63, 3.8) is 0 Å². The second kappa shape index (κ2) is 7.83. The van der Waals surface area contributed by atoms with Crippen molar-refractivity contribution in [1.29, 1.82) is 0 Å². The van der Waals surface area contributed by atoms with E-state index in [9.17, 15) is 4.79 Å². The van der Waals surface area contributed by atoms with Crippen LogP contribution in [-0.4, -0.2) is 32.7 Å². The highest BCUT2D eigenvalue weighted by atomic mass is 16.2. The fourth-order valence-electron chi connectivity index (χ4n) is 3.03. The number of aryl methyl sites for hydroxylation is 3. The molecule has 1 atom stereocenters. The van der Waals surface area contributed by atoms with Crippen molar-refractivity contribution in [2.75, 3.05) is 5.32 Å². The van der Waals surface area contributed by atoms with Crippen LogP contribution in [0.3, 0.4) is 0 Å². The molecule has 0 spiro atoms. The highest BCUT2D eigenvalue weighted by Gasteiger charge is 2.26. The number of carbonyl (C=O) groups is 1. The van der Waals surface area contributed by atoms with E-state index >= 15 is 0 Å². The Labute approximate surface area is 151 Å². The number of anilines is 1. The van der Waals surface area contributed by atoms with E-state index in [0.717, 1.165) is 17.1 Å². The molecule has 136 valence electrons. The van der Waals surface area contributed by atoms with Crippen LogP contribution in [0.5, 0.6) is 0 Å². The molecule has 25 heavy (non-hydrogen) atoms. The summed E-state index contributed by atoms with van der Waals surface area (Å²) in [6, 6.07) is 7.90. The third kappa shape index (κ3) is 4.48. The zero-order valence-electron chi connectivity index (χ0n) is 16.4. The molecule has 1 aromatic heterocycles. The van der Waals surface area contributed by atoms with Gasteiger partial charge in [-0.25, -0.2) is 0 Å². The number of carbonyl (C=O) groups excluding carboxylic acids is 1. The topological polar surface area (TPSA) is 50.2 Å². The lowest BCUT2D eigenvalue weighted by Gasteiger charge is -2.32. The summed E-state index contributed by atoms with van der Waals surface area (Å²) >= 11 is 0. The summed E-state index contributed by atoms with van der Waals surface area (Å²) in [4.78, 5) is 14.9. The van der Waals surface area contributed by atoms with Crippen molar-refractivity contribution in [2.45, 2.75) is 60.2 Å². The molecule has 1 aromatic carbocycles. The molecule has 0 saturated heterocycles. The van der Waals surface area contributed by atoms with Crippen molar-refractivity contribution in [1.82, 2.24) is 14.7 Å². The maximum atomic E-state index is 12.7. The molecule has 1 heterocycles. The van der Waals surface area contributed by atoms with Gasteiger partial charge in [0.2, 0.25) is 5.91 Å². The molecule has 2 aromatic rings. The second-order valence-corrected chi connectivity index (χ2v) is 7.07. The molecule has 0 bridgehead atoms. The summed E-state index contributed by atoms with van der Waals surface area (Å²) in [5, 5.41) is 7.52. The van der Waals surface area contributed by atoms with Crippen LogP contribution in [0, 0.1) is 20.8 Å².